The van der Waals surface area contributed by atoms with Crippen LogP contribution < -0.4 is 4.90 Å². The lowest BCUT2D eigenvalue weighted by atomic mass is 10.3. The van der Waals surface area contributed by atoms with E-state index in [0.717, 1.165) is 5.69 Å². The molecule has 1 aromatic carbocycles. The highest BCUT2D eigenvalue weighted by Gasteiger charge is 2.28. The van der Waals surface area contributed by atoms with Gasteiger partial charge in [-0.3, -0.25) is 0 Å². The molecule has 4 nitrogen and oxygen atoms in total. The van der Waals surface area contributed by atoms with E-state index in [9.17, 15) is 4.79 Å². The van der Waals surface area contributed by atoms with Crippen LogP contribution in [-0.4, -0.2) is 30.5 Å². The van der Waals surface area contributed by atoms with E-state index in [1.165, 1.54) is 0 Å². The summed E-state index contributed by atoms with van der Waals surface area (Å²) in [4.78, 5) is 12.5. The smallest absolute Gasteiger partial charge is 0.334 e. The Morgan fingerprint density at radius 3 is 2.71 bits per heavy atom. The molecule has 0 aliphatic carbocycles. The molecule has 0 spiro atoms. The van der Waals surface area contributed by atoms with E-state index in [1.807, 2.05) is 35.2 Å². The molecule has 4 heteroatoms. The van der Waals surface area contributed by atoms with E-state index in [4.69, 9.17) is 9.84 Å². The maximum absolute atomic E-state index is 10.6. The van der Waals surface area contributed by atoms with Gasteiger partial charge in [0.05, 0.1) is 6.54 Å². The highest BCUT2D eigenvalue weighted by Crippen LogP contribution is 2.18. The summed E-state index contributed by atoms with van der Waals surface area (Å²) in [6, 6.07) is 9.64. The maximum Gasteiger partial charge on any atom is 0.334 e. The fourth-order valence-electron chi connectivity index (χ4n) is 1.45. The number of carbonyl (C=O) groups is 1. The SMILES string of the molecule is O=C(O)[C@H]1CN(c2ccccc2)CO1. The molecule has 1 saturated heterocycles. The molecule has 1 N–H and O–H groups in total. The quantitative estimate of drug-likeness (QED) is 0.759. The summed E-state index contributed by atoms with van der Waals surface area (Å²) in [6.07, 6.45) is -0.699. The topological polar surface area (TPSA) is 49.8 Å². The van der Waals surface area contributed by atoms with Crippen LogP contribution in [0.2, 0.25) is 0 Å². The van der Waals surface area contributed by atoms with Gasteiger partial charge >= 0.3 is 5.97 Å². The first kappa shape index (κ1) is 9.02. The second-order valence-electron chi connectivity index (χ2n) is 3.18. The molecule has 1 aliphatic heterocycles. The van der Waals surface area contributed by atoms with Gasteiger partial charge in [0.2, 0.25) is 0 Å². The van der Waals surface area contributed by atoms with Gasteiger partial charge in [-0.15, -0.1) is 0 Å². The molecule has 1 fully saturated rings. The lowest BCUT2D eigenvalue weighted by molar-refractivity contribution is -0.146. The molecule has 1 heterocycles. The zero-order valence-electron chi connectivity index (χ0n) is 7.59. The Morgan fingerprint density at radius 2 is 2.14 bits per heavy atom. The Balaban J connectivity index is 2.06. The molecule has 1 aromatic rings. The van der Waals surface area contributed by atoms with Crippen molar-refractivity contribution in [3.63, 3.8) is 0 Å². The summed E-state index contributed by atoms with van der Waals surface area (Å²) < 4.78 is 5.11. The molecule has 14 heavy (non-hydrogen) atoms. The fourth-order valence-corrected chi connectivity index (χ4v) is 1.45. The lowest BCUT2D eigenvalue weighted by Crippen LogP contribution is -2.26. The number of carboxylic acids is 1. The van der Waals surface area contributed by atoms with Crippen molar-refractivity contribution >= 4 is 11.7 Å². The first-order chi connectivity index (χ1) is 6.77. The van der Waals surface area contributed by atoms with Crippen molar-refractivity contribution in [1.29, 1.82) is 0 Å². The number of benzene rings is 1. The van der Waals surface area contributed by atoms with Crippen LogP contribution in [0.1, 0.15) is 0 Å². The number of ether oxygens (including phenoxy) is 1. The Morgan fingerprint density at radius 1 is 1.43 bits per heavy atom. The summed E-state index contributed by atoms with van der Waals surface area (Å²) in [5.74, 6) is -0.900. The highest BCUT2D eigenvalue weighted by atomic mass is 16.5. The Labute approximate surface area is 81.7 Å². The van der Waals surface area contributed by atoms with Gasteiger partial charge in [0.1, 0.15) is 6.73 Å². The number of rotatable bonds is 2. The molecule has 0 bridgehead atoms. The number of hydrogen-bond acceptors (Lipinski definition) is 3. The molecule has 0 aromatic heterocycles. The van der Waals surface area contributed by atoms with Crippen molar-refractivity contribution in [2.75, 3.05) is 18.2 Å². The van der Waals surface area contributed by atoms with Crippen LogP contribution in [0.15, 0.2) is 30.3 Å². The molecule has 0 unspecified atom stereocenters. The van der Waals surface area contributed by atoms with Gasteiger partial charge in [-0.05, 0) is 12.1 Å². The first-order valence-corrected chi connectivity index (χ1v) is 4.42. The van der Waals surface area contributed by atoms with Crippen molar-refractivity contribution in [3.8, 4) is 0 Å². The molecular formula is C10H11NO3. The van der Waals surface area contributed by atoms with Crippen LogP contribution in [0, 0.1) is 0 Å². The van der Waals surface area contributed by atoms with Gasteiger partial charge in [-0.2, -0.15) is 0 Å². The van der Waals surface area contributed by atoms with Gasteiger partial charge < -0.3 is 14.7 Å². The number of para-hydroxylation sites is 1. The molecule has 0 radical (unpaired) electrons. The number of hydrogen-bond donors (Lipinski definition) is 1. The van der Waals surface area contributed by atoms with E-state index in [-0.39, 0.29) is 0 Å². The van der Waals surface area contributed by atoms with Crippen LogP contribution in [0.4, 0.5) is 5.69 Å². The van der Waals surface area contributed by atoms with E-state index in [0.29, 0.717) is 13.3 Å². The van der Waals surface area contributed by atoms with E-state index < -0.39 is 12.1 Å². The fraction of sp³-hybridized carbons (Fsp3) is 0.300. The van der Waals surface area contributed by atoms with Gasteiger partial charge in [0, 0.05) is 5.69 Å². The summed E-state index contributed by atoms with van der Waals surface area (Å²) >= 11 is 0. The molecule has 1 atom stereocenters. The van der Waals surface area contributed by atoms with Crippen molar-refractivity contribution in [2.45, 2.75) is 6.10 Å². The van der Waals surface area contributed by atoms with Gasteiger partial charge in [-0.1, -0.05) is 18.2 Å². The minimum atomic E-state index is -0.900. The third-order valence-corrected chi connectivity index (χ3v) is 2.21. The zero-order valence-corrected chi connectivity index (χ0v) is 7.59. The van der Waals surface area contributed by atoms with Crippen molar-refractivity contribution in [3.05, 3.63) is 30.3 Å². The summed E-state index contributed by atoms with van der Waals surface area (Å²) in [6.45, 7) is 0.764. The van der Waals surface area contributed by atoms with Crippen LogP contribution in [-0.2, 0) is 9.53 Å². The largest absolute Gasteiger partial charge is 0.479 e. The highest BCUT2D eigenvalue weighted by molar-refractivity contribution is 5.74. The van der Waals surface area contributed by atoms with Crippen LogP contribution >= 0.6 is 0 Å². The number of carboxylic acid groups (broad SMARTS) is 1. The van der Waals surface area contributed by atoms with E-state index in [1.54, 1.807) is 0 Å². The number of anilines is 1. The number of aliphatic carboxylic acids is 1. The minimum Gasteiger partial charge on any atom is -0.479 e. The molecule has 0 saturated carbocycles. The van der Waals surface area contributed by atoms with E-state index >= 15 is 0 Å². The minimum absolute atomic E-state index is 0.348. The third-order valence-electron chi connectivity index (χ3n) is 2.21. The lowest BCUT2D eigenvalue weighted by Gasteiger charge is -2.14. The van der Waals surface area contributed by atoms with Gasteiger partial charge in [0.15, 0.2) is 6.10 Å². The van der Waals surface area contributed by atoms with Gasteiger partial charge in [0.25, 0.3) is 0 Å². The summed E-state index contributed by atoms with van der Waals surface area (Å²) in [7, 11) is 0. The predicted octanol–water partition coefficient (Wildman–Crippen LogP) is 0.934. The second-order valence-corrected chi connectivity index (χ2v) is 3.18. The molecule has 74 valence electrons. The third kappa shape index (κ3) is 1.70. The van der Waals surface area contributed by atoms with Gasteiger partial charge in [-0.25, -0.2) is 4.79 Å². The average Bonchev–Trinajstić information content (AvgIpc) is 2.68. The van der Waals surface area contributed by atoms with Crippen molar-refractivity contribution in [2.24, 2.45) is 0 Å². The van der Waals surface area contributed by atoms with Crippen LogP contribution in [0.25, 0.3) is 0 Å². The Kier molecular flexibility index (Phi) is 2.37. The first-order valence-electron chi connectivity index (χ1n) is 4.42. The number of nitrogens with zero attached hydrogens (tertiary/aromatic N) is 1. The normalized spacial score (nSPS) is 21.1. The predicted molar refractivity (Wildman–Crippen MR) is 51.2 cm³/mol. The second kappa shape index (κ2) is 3.67. The Hall–Kier alpha value is -1.55. The molecule has 2 rings (SSSR count). The molecule has 0 amide bonds. The van der Waals surface area contributed by atoms with Crippen molar-refractivity contribution < 1.29 is 14.6 Å². The zero-order chi connectivity index (χ0) is 9.97. The molecule has 1 aliphatic rings. The van der Waals surface area contributed by atoms with Crippen molar-refractivity contribution in [1.82, 2.24) is 0 Å². The average molecular weight is 193 g/mol. The van der Waals surface area contributed by atoms with E-state index in [2.05, 4.69) is 0 Å². The maximum atomic E-state index is 10.6. The van der Waals surface area contributed by atoms with Crippen LogP contribution in [0.3, 0.4) is 0 Å². The summed E-state index contributed by atoms with van der Waals surface area (Å²) in [5, 5.41) is 8.73. The summed E-state index contributed by atoms with van der Waals surface area (Å²) in [5.41, 5.74) is 0.997. The monoisotopic (exact) mass is 193 g/mol. The molecular weight excluding hydrogens is 182 g/mol. The Bertz CT molecular complexity index is 325. The standard InChI is InChI=1S/C10H11NO3/c12-10(13)9-6-11(7-14-9)8-4-2-1-3-5-8/h1-5,9H,6-7H2,(H,12,13)/t9-/m1/s1. The van der Waals surface area contributed by atoms with Crippen LogP contribution in [0.5, 0.6) is 0 Å².